The van der Waals surface area contributed by atoms with Crippen LogP contribution in [0.25, 0.3) is 0 Å². The Kier molecular flexibility index (Phi) is 2.88. The molecule has 0 amide bonds. The first-order valence-corrected chi connectivity index (χ1v) is 5.97. The van der Waals surface area contributed by atoms with E-state index >= 15 is 0 Å². The van der Waals surface area contributed by atoms with E-state index in [-0.39, 0.29) is 5.69 Å². The molecule has 0 spiro atoms. The Morgan fingerprint density at radius 1 is 1.56 bits per heavy atom. The van der Waals surface area contributed by atoms with E-state index in [1.807, 2.05) is 0 Å². The zero-order valence-corrected chi connectivity index (χ0v) is 10.6. The molecule has 4 nitrogen and oxygen atoms in total. The molecule has 2 rings (SSSR count). The van der Waals surface area contributed by atoms with E-state index in [4.69, 9.17) is 0 Å². The second-order valence-electron chi connectivity index (χ2n) is 4.59. The molecule has 16 heavy (non-hydrogen) atoms. The molecule has 0 heterocycles. The van der Waals surface area contributed by atoms with Gasteiger partial charge in [-0.3, -0.25) is 10.1 Å². The summed E-state index contributed by atoms with van der Waals surface area (Å²) in [4.78, 5) is 10.2. The van der Waals surface area contributed by atoms with E-state index in [1.165, 1.54) is 25.0 Å². The van der Waals surface area contributed by atoms with E-state index in [9.17, 15) is 10.1 Å². The highest BCUT2D eigenvalue weighted by Gasteiger charge is 2.36. The minimum absolute atomic E-state index is 0.107. The number of nitrogens with zero attached hydrogens (tertiary/aromatic N) is 1. The van der Waals surface area contributed by atoms with Crippen molar-refractivity contribution in [3.8, 4) is 0 Å². The van der Waals surface area contributed by atoms with Gasteiger partial charge in [0.1, 0.15) is 0 Å². The van der Waals surface area contributed by atoms with Gasteiger partial charge < -0.3 is 5.32 Å². The quantitative estimate of drug-likeness (QED) is 0.679. The third-order valence-electron chi connectivity index (χ3n) is 2.97. The molecule has 0 atom stereocenters. The fourth-order valence-corrected chi connectivity index (χ4v) is 1.97. The number of benzene rings is 1. The average molecular weight is 285 g/mol. The summed E-state index contributed by atoms with van der Waals surface area (Å²) in [6.45, 7) is 3.16. The summed E-state index contributed by atoms with van der Waals surface area (Å²) in [5.74, 6) is 0. The zero-order chi connectivity index (χ0) is 11.8. The number of nitrogens with one attached hydrogen (secondary N) is 1. The molecular weight excluding hydrogens is 272 g/mol. The minimum Gasteiger partial charge on any atom is -0.384 e. The van der Waals surface area contributed by atoms with Crippen LogP contribution in [0.2, 0.25) is 0 Å². The first kappa shape index (κ1) is 11.4. The molecule has 1 aliphatic rings. The zero-order valence-electron chi connectivity index (χ0n) is 9.00. The molecule has 0 aliphatic heterocycles. The van der Waals surface area contributed by atoms with Gasteiger partial charge >= 0.3 is 0 Å². The smallest absolute Gasteiger partial charge is 0.270 e. The van der Waals surface area contributed by atoms with Gasteiger partial charge in [-0.25, -0.2) is 0 Å². The van der Waals surface area contributed by atoms with Crippen molar-refractivity contribution in [2.75, 3.05) is 11.9 Å². The van der Waals surface area contributed by atoms with Gasteiger partial charge in [-0.2, -0.15) is 0 Å². The van der Waals surface area contributed by atoms with Crippen LogP contribution in [0, 0.1) is 15.5 Å². The summed E-state index contributed by atoms with van der Waals surface area (Å²) in [5.41, 5.74) is 1.44. The van der Waals surface area contributed by atoms with Gasteiger partial charge in [0.25, 0.3) is 5.69 Å². The largest absolute Gasteiger partial charge is 0.384 e. The van der Waals surface area contributed by atoms with Crippen molar-refractivity contribution in [3.05, 3.63) is 32.8 Å². The fourth-order valence-electron chi connectivity index (χ4n) is 1.46. The topological polar surface area (TPSA) is 55.2 Å². The lowest BCUT2D eigenvalue weighted by Crippen LogP contribution is -2.11. The third-order valence-corrected chi connectivity index (χ3v) is 3.63. The maximum Gasteiger partial charge on any atom is 0.270 e. The van der Waals surface area contributed by atoms with Crippen LogP contribution < -0.4 is 5.32 Å². The molecule has 0 saturated heterocycles. The van der Waals surface area contributed by atoms with Crippen LogP contribution >= 0.6 is 15.9 Å². The molecule has 1 N–H and O–H groups in total. The first-order chi connectivity index (χ1) is 7.50. The number of hydrogen-bond donors (Lipinski definition) is 1. The minimum atomic E-state index is -0.392. The highest BCUT2D eigenvalue weighted by molar-refractivity contribution is 9.10. The predicted octanol–water partition coefficient (Wildman–Crippen LogP) is 3.57. The number of rotatable bonds is 4. The summed E-state index contributed by atoms with van der Waals surface area (Å²) in [7, 11) is 0. The number of halogens is 1. The number of anilines is 1. The van der Waals surface area contributed by atoms with E-state index < -0.39 is 4.92 Å². The molecule has 1 aliphatic carbocycles. The average Bonchev–Trinajstić information content (AvgIpc) is 2.95. The lowest BCUT2D eigenvalue weighted by molar-refractivity contribution is -0.384. The highest BCUT2D eigenvalue weighted by atomic mass is 79.9. The predicted molar refractivity (Wildman–Crippen MR) is 66.6 cm³/mol. The molecule has 5 heteroatoms. The Balaban J connectivity index is 2.07. The molecule has 0 aromatic heterocycles. The number of non-ortho nitro benzene ring substituents is 1. The summed E-state index contributed by atoms with van der Waals surface area (Å²) >= 11 is 3.34. The van der Waals surface area contributed by atoms with Crippen molar-refractivity contribution >= 4 is 27.3 Å². The molecule has 1 fully saturated rings. The van der Waals surface area contributed by atoms with Crippen molar-refractivity contribution in [2.24, 2.45) is 5.41 Å². The van der Waals surface area contributed by atoms with E-state index in [1.54, 1.807) is 6.07 Å². The van der Waals surface area contributed by atoms with Crippen LogP contribution in [0.3, 0.4) is 0 Å². The first-order valence-electron chi connectivity index (χ1n) is 5.18. The van der Waals surface area contributed by atoms with Crippen molar-refractivity contribution in [2.45, 2.75) is 19.8 Å². The van der Waals surface area contributed by atoms with Crippen LogP contribution in [0.15, 0.2) is 22.7 Å². The molecule has 1 aromatic rings. The van der Waals surface area contributed by atoms with E-state index in [0.29, 0.717) is 5.41 Å². The second kappa shape index (κ2) is 4.05. The van der Waals surface area contributed by atoms with Crippen molar-refractivity contribution in [3.63, 3.8) is 0 Å². The number of nitro benzene ring substituents is 1. The third kappa shape index (κ3) is 2.52. The Hall–Kier alpha value is -1.10. The van der Waals surface area contributed by atoms with Crippen molar-refractivity contribution in [1.29, 1.82) is 0 Å². The lowest BCUT2D eigenvalue weighted by Gasteiger charge is -2.12. The normalized spacial score (nSPS) is 16.9. The van der Waals surface area contributed by atoms with E-state index in [0.717, 1.165) is 16.7 Å². The lowest BCUT2D eigenvalue weighted by atomic mass is 10.1. The SMILES string of the molecule is CC1(CNc2ccc([N+](=O)[O-])cc2Br)CC1. The molecule has 1 saturated carbocycles. The molecule has 0 unspecified atom stereocenters. The fraction of sp³-hybridized carbons (Fsp3) is 0.455. The standard InChI is InChI=1S/C11H13BrN2O2/c1-11(4-5-11)7-13-10-3-2-8(14(15)16)6-9(10)12/h2-3,6,13H,4-5,7H2,1H3. The molecule has 0 bridgehead atoms. The van der Waals surface area contributed by atoms with Crippen LogP contribution in [-0.4, -0.2) is 11.5 Å². The monoisotopic (exact) mass is 284 g/mol. The van der Waals surface area contributed by atoms with Crippen LogP contribution in [-0.2, 0) is 0 Å². The summed E-state index contributed by atoms with van der Waals surface area (Å²) in [6, 6.07) is 4.79. The number of hydrogen-bond acceptors (Lipinski definition) is 3. The maximum atomic E-state index is 10.6. The van der Waals surface area contributed by atoms with Gasteiger partial charge in [-0.1, -0.05) is 6.92 Å². The summed E-state index contributed by atoms with van der Waals surface area (Å²) in [5, 5.41) is 13.9. The van der Waals surface area contributed by atoms with Crippen LogP contribution in [0.5, 0.6) is 0 Å². The van der Waals surface area contributed by atoms with Crippen molar-refractivity contribution in [1.82, 2.24) is 0 Å². The van der Waals surface area contributed by atoms with Crippen LogP contribution in [0.4, 0.5) is 11.4 Å². The summed E-state index contributed by atoms with van der Waals surface area (Å²) in [6.07, 6.45) is 2.51. The van der Waals surface area contributed by atoms with E-state index in [2.05, 4.69) is 28.2 Å². The van der Waals surface area contributed by atoms with Gasteiger partial charge in [0.05, 0.1) is 4.92 Å². The Morgan fingerprint density at radius 3 is 2.75 bits per heavy atom. The van der Waals surface area contributed by atoms with Gasteiger partial charge in [0.15, 0.2) is 0 Å². The summed E-state index contributed by atoms with van der Waals surface area (Å²) < 4.78 is 0.742. The number of nitro groups is 1. The Labute approximate surface area is 102 Å². The second-order valence-corrected chi connectivity index (χ2v) is 5.44. The Morgan fingerprint density at radius 2 is 2.25 bits per heavy atom. The highest BCUT2D eigenvalue weighted by Crippen LogP contribution is 2.45. The van der Waals surface area contributed by atoms with Gasteiger partial charge in [-0.05, 0) is 40.3 Å². The molecule has 1 aromatic carbocycles. The van der Waals surface area contributed by atoms with Crippen molar-refractivity contribution < 1.29 is 4.92 Å². The molecular formula is C11H13BrN2O2. The maximum absolute atomic E-state index is 10.6. The Bertz CT molecular complexity index is 430. The molecule has 0 radical (unpaired) electrons. The molecule has 86 valence electrons. The van der Waals surface area contributed by atoms with Crippen LogP contribution in [0.1, 0.15) is 19.8 Å². The van der Waals surface area contributed by atoms with Gasteiger partial charge in [0, 0.05) is 28.8 Å². The van der Waals surface area contributed by atoms with Gasteiger partial charge in [-0.15, -0.1) is 0 Å². The van der Waals surface area contributed by atoms with Gasteiger partial charge in [0.2, 0.25) is 0 Å².